The quantitative estimate of drug-likeness (QED) is 0.441. The third-order valence-corrected chi connectivity index (χ3v) is 1.04. The van der Waals surface area contributed by atoms with Gasteiger partial charge in [0.2, 0.25) is 0 Å². The predicted octanol–water partition coefficient (Wildman–Crippen LogP) is -8.86. The van der Waals surface area contributed by atoms with Crippen LogP contribution in [0.4, 0.5) is 0 Å². The van der Waals surface area contributed by atoms with Crippen molar-refractivity contribution in [1.29, 1.82) is 0 Å². The van der Waals surface area contributed by atoms with E-state index in [-0.39, 0.29) is 37.7 Å². The Morgan fingerprint density at radius 2 is 1.77 bits per heavy atom. The molecule has 0 saturated carbocycles. The number of aromatic nitrogens is 2. The SMILES string of the molecule is O=C([O-])c1nc[nH]c1C(=O)[O-].[Li+].[Li+]. The molecule has 13 heavy (non-hydrogen) atoms. The summed E-state index contributed by atoms with van der Waals surface area (Å²) in [5, 5.41) is 20.2. The molecule has 0 radical (unpaired) electrons. The minimum absolute atomic E-state index is 0. The van der Waals surface area contributed by atoms with E-state index in [2.05, 4.69) is 9.97 Å². The first-order valence-electron chi connectivity index (χ1n) is 2.59. The van der Waals surface area contributed by atoms with Crippen LogP contribution in [0.2, 0.25) is 0 Å². The van der Waals surface area contributed by atoms with E-state index in [0.717, 1.165) is 6.33 Å². The van der Waals surface area contributed by atoms with Gasteiger partial charge in [-0.25, -0.2) is 4.98 Å². The molecule has 0 aliphatic carbocycles. The van der Waals surface area contributed by atoms with Crippen LogP contribution < -0.4 is 47.9 Å². The van der Waals surface area contributed by atoms with Crippen LogP contribution >= 0.6 is 0 Å². The molecule has 1 heterocycles. The number of carbonyl (C=O) groups excluding carboxylic acids is 2. The Labute approximate surface area is 97.1 Å². The van der Waals surface area contributed by atoms with E-state index in [1.807, 2.05) is 0 Å². The van der Waals surface area contributed by atoms with Crippen LogP contribution in [0.3, 0.4) is 0 Å². The molecule has 0 bridgehead atoms. The summed E-state index contributed by atoms with van der Waals surface area (Å²) in [5.41, 5.74) is -1.23. The van der Waals surface area contributed by atoms with Crippen molar-refractivity contribution in [3.8, 4) is 0 Å². The first-order valence-corrected chi connectivity index (χ1v) is 2.59. The van der Waals surface area contributed by atoms with E-state index >= 15 is 0 Å². The van der Waals surface area contributed by atoms with Gasteiger partial charge in [0, 0.05) is 0 Å². The predicted molar refractivity (Wildman–Crippen MR) is 27.2 cm³/mol. The van der Waals surface area contributed by atoms with Gasteiger partial charge >= 0.3 is 37.7 Å². The van der Waals surface area contributed by atoms with Gasteiger partial charge in [-0.2, -0.15) is 0 Å². The van der Waals surface area contributed by atoms with E-state index < -0.39 is 23.3 Å². The Kier molecular flexibility index (Phi) is 6.74. The van der Waals surface area contributed by atoms with Gasteiger partial charge in [0.05, 0.1) is 24.0 Å². The number of nitrogens with one attached hydrogen (secondary N) is 1. The maximum Gasteiger partial charge on any atom is 1.00 e. The monoisotopic (exact) mass is 168 g/mol. The molecule has 0 amide bonds. The summed E-state index contributed by atoms with van der Waals surface area (Å²) >= 11 is 0. The summed E-state index contributed by atoms with van der Waals surface area (Å²) < 4.78 is 0. The molecule has 0 fully saturated rings. The average Bonchev–Trinajstić information content (AvgIpc) is 2.32. The molecule has 0 atom stereocenters. The number of carboxylic acid groups (broad SMARTS) is 2. The number of hydrogen-bond donors (Lipinski definition) is 1. The average molecular weight is 168 g/mol. The van der Waals surface area contributed by atoms with Crippen LogP contribution in [0.5, 0.6) is 0 Å². The van der Waals surface area contributed by atoms with Crippen molar-refractivity contribution < 1.29 is 57.5 Å². The number of imidazole rings is 1. The summed E-state index contributed by atoms with van der Waals surface area (Å²) in [6, 6.07) is 0. The molecule has 1 aromatic heterocycles. The van der Waals surface area contributed by atoms with E-state index in [4.69, 9.17) is 0 Å². The summed E-state index contributed by atoms with van der Waals surface area (Å²) in [7, 11) is 0. The van der Waals surface area contributed by atoms with Crippen LogP contribution in [0.1, 0.15) is 21.0 Å². The Morgan fingerprint density at radius 1 is 1.23 bits per heavy atom. The van der Waals surface area contributed by atoms with Gasteiger partial charge in [-0.05, 0) is 0 Å². The van der Waals surface area contributed by atoms with Crippen LogP contribution in [0, 0.1) is 0 Å². The zero-order valence-electron chi connectivity index (χ0n) is 7.16. The van der Waals surface area contributed by atoms with Crippen molar-refractivity contribution in [2.75, 3.05) is 0 Å². The Hall–Kier alpha value is -0.655. The molecule has 6 nitrogen and oxygen atoms in total. The summed E-state index contributed by atoms with van der Waals surface area (Å²) in [6.45, 7) is 0. The topological polar surface area (TPSA) is 109 Å². The molecule has 58 valence electrons. The minimum Gasteiger partial charge on any atom is -0.543 e. The largest absolute Gasteiger partial charge is 1.00 e. The van der Waals surface area contributed by atoms with Crippen molar-refractivity contribution in [2.24, 2.45) is 0 Å². The zero-order chi connectivity index (χ0) is 8.43. The van der Waals surface area contributed by atoms with E-state index in [1.165, 1.54) is 0 Å². The van der Waals surface area contributed by atoms with Gasteiger partial charge < -0.3 is 24.8 Å². The molecule has 1 N–H and O–H groups in total. The van der Waals surface area contributed by atoms with Gasteiger partial charge in [0.15, 0.2) is 0 Å². The van der Waals surface area contributed by atoms with Crippen molar-refractivity contribution in [1.82, 2.24) is 9.97 Å². The van der Waals surface area contributed by atoms with Crippen LogP contribution in [0.15, 0.2) is 6.33 Å². The molecular weight excluding hydrogens is 166 g/mol. The van der Waals surface area contributed by atoms with E-state index in [9.17, 15) is 19.8 Å². The summed E-state index contributed by atoms with van der Waals surface area (Å²) in [5.74, 6) is -3.27. The second-order valence-electron chi connectivity index (χ2n) is 1.70. The molecule has 0 spiro atoms. The number of carbonyl (C=O) groups is 2. The second-order valence-corrected chi connectivity index (χ2v) is 1.70. The van der Waals surface area contributed by atoms with Crippen LogP contribution in [-0.4, -0.2) is 21.9 Å². The fourth-order valence-electron chi connectivity index (χ4n) is 0.605. The Balaban J connectivity index is 0. The third kappa shape index (κ3) is 3.29. The van der Waals surface area contributed by atoms with Crippen molar-refractivity contribution >= 4 is 11.9 Å². The number of nitrogens with zero attached hydrogens (tertiary/aromatic N) is 1. The third-order valence-electron chi connectivity index (χ3n) is 1.04. The van der Waals surface area contributed by atoms with Gasteiger partial charge in [0.1, 0.15) is 5.69 Å². The number of aromatic amines is 1. The van der Waals surface area contributed by atoms with Crippen molar-refractivity contribution in [2.45, 2.75) is 0 Å². The summed E-state index contributed by atoms with van der Waals surface area (Å²) in [4.78, 5) is 25.5. The van der Waals surface area contributed by atoms with Crippen molar-refractivity contribution in [3.63, 3.8) is 0 Å². The summed E-state index contributed by atoms with van der Waals surface area (Å²) in [6.07, 6.45) is 0.941. The smallest absolute Gasteiger partial charge is 0.543 e. The molecule has 0 aromatic carbocycles. The molecule has 0 saturated heterocycles. The maximum absolute atomic E-state index is 10.1. The van der Waals surface area contributed by atoms with Gasteiger partial charge in [-0.15, -0.1) is 0 Å². The molecule has 0 unspecified atom stereocenters. The Morgan fingerprint density at radius 3 is 2.08 bits per heavy atom. The molecule has 1 rings (SSSR count). The minimum atomic E-state index is -1.65. The Bertz CT molecular complexity index is 283. The number of hydrogen-bond acceptors (Lipinski definition) is 5. The molecule has 8 heteroatoms. The van der Waals surface area contributed by atoms with Crippen LogP contribution in [0.25, 0.3) is 0 Å². The van der Waals surface area contributed by atoms with Gasteiger partial charge in [-0.1, -0.05) is 0 Å². The van der Waals surface area contributed by atoms with Crippen LogP contribution in [-0.2, 0) is 0 Å². The number of H-pyrrole nitrogens is 1. The molecular formula is C5H2Li2N2O4. The van der Waals surface area contributed by atoms with Crippen molar-refractivity contribution in [3.05, 3.63) is 17.7 Å². The molecule has 0 aliphatic heterocycles. The second kappa shape index (κ2) is 5.90. The number of aromatic carboxylic acids is 2. The van der Waals surface area contributed by atoms with Gasteiger partial charge in [0.25, 0.3) is 0 Å². The van der Waals surface area contributed by atoms with Gasteiger partial charge in [-0.3, -0.25) is 0 Å². The fourth-order valence-corrected chi connectivity index (χ4v) is 0.605. The van der Waals surface area contributed by atoms with E-state index in [1.54, 1.807) is 0 Å². The number of rotatable bonds is 2. The maximum atomic E-state index is 10.1. The molecule has 0 aliphatic rings. The van der Waals surface area contributed by atoms with E-state index in [0.29, 0.717) is 0 Å². The standard InChI is InChI=1S/C5H4N2O4.2Li/c8-4(9)2-3(5(10)11)7-1-6-2;;/h1H,(H,6,7)(H,8,9)(H,10,11);;/q;2*+1/p-2. The number of carboxylic acids is 2. The first kappa shape index (κ1) is 14.8. The normalized spacial score (nSPS) is 8.00. The zero-order valence-corrected chi connectivity index (χ0v) is 7.16. The molecule has 1 aromatic rings. The fraction of sp³-hybridized carbons (Fsp3) is 0. The first-order chi connectivity index (χ1) is 5.13.